The SMILES string of the molecule is CCCCCCCCNC(=S)Nc1cc(C)cc(C)c1. The molecule has 0 spiro atoms. The van der Waals surface area contributed by atoms with E-state index in [-0.39, 0.29) is 0 Å². The summed E-state index contributed by atoms with van der Waals surface area (Å²) in [5.74, 6) is 0. The Kier molecular flexibility index (Phi) is 8.28. The molecule has 2 N–H and O–H groups in total. The average molecular weight is 292 g/mol. The number of benzene rings is 1. The van der Waals surface area contributed by atoms with Crippen molar-refractivity contribution >= 4 is 23.0 Å². The van der Waals surface area contributed by atoms with Gasteiger partial charge in [0.05, 0.1) is 0 Å². The highest BCUT2D eigenvalue weighted by atomic mass is 32.1. The van der Waals surface area contributed by atoms with Crippen LogP contribution in [-0.2, 0) is 0 Å². The molecule has 0 radical (unpaired) electrons. The van der Waals surface area contributed by atoms with Gasteiger partial charge in [-0.3, -0.25) is 0 Å². The molecule has 0 aliphatic carbocycles. The molecule has 0 saturated carbocycles. The van der Waals surface area contributed by atoms with Gasteiger partial charge < -0.3 is 10.6 Å². The Hall–Kier alpha value is -1.09. The summed E-state index contributed by atoms with van der Waals surface area (Å²) in [6, 6.07) is 6.40. The zero-order valence-electron chi connectivity index (χ0n) is 13.1. The van der Waals surface area contributed by atoms with Crippen molar-refractivity contribution in [3.05, 3.63) is 29.3 Å². The topological polar surface area (TPSA) is 24.1 Å². The standard InChI is InChI=1S/C17H28N2S/c1-4-5-6-7-8-9-10-18-17(20)19-16-12-14(2)11-15(3)13-16/h11-13H,4-10H2,1-3H3,(H2,18,19,20). The van der Waals surface area contributed by atoms with Crippen molar-refractivity contribution in [2.24, 2.45) is 0 Å². The van der Waals surface area contributed by atoms with Gasteiger partial charge in [-0.2, -0.15) is 0 Å². The first-order chi connectivity index (χ1) is 9.61. The fraction of sp³-hybridized carbons (Fsp3) is 0.588. The molecule has 3 heteroatoms. The van der Waals surface area contributed by atoms with Crippen LogP contribution in [0.5, 0.6) is 0 Å². The van der Waals surface area contributed by atoms with Gasteiger partial charge in [-0.15, -0.1) is 0 Å². The number of nitrogens with one attached hydrogen (secondary N) is 2. The second-order valence-corrected chi connectivity index (χ2v) is 5.93. The Bertz CT molecular complexity index is 395. The zero-order chi connectivity index (χ0) is 14.8. The first kappa shape index (κ1) is 17.0. The molecular formula is C17H28N2S. The molecule has 0 aliphatic rings. The molecule has 0 aliphatic heterocycles. The Morgan fingerprint density at radius 1 is 0.950 bits per heavy atom. The third-order valence-corrected chi connectivity index (χ3v) is 3.54. The lowest BCUT2D eigenvalue weighted by Gasteiger charge is -2.11. The first-order valence-electron chi connectivity index (χ1n) is 7.75. The maximum Gasteiger partial charge on any atom is 0.170 e. The molecule has 1 aromatic carbocycles. The first-order valence-corrected chi connectivity index (χ1v) is 8.16. The number of thiocarbonyl (C=S) groups is 1. The summed E-state index contributed by atoms with van der Waals surface area (Å²) in [6.07, 6.45) is 7.86. The molecule has 0 heterocycles. The fourth-order valence-electron chi connectivity index (χ4n) is 2.33. The summed E-state index contributed by atoms with van der Waals surface area (Å²) >= 11 is 5.32. The molecule has 0 amide bonds. The predicted molar refractivity (Wildman–Crippen MR) is 93.5 cm³/mol. The normalized spacial score (nSPS) is 10.3. The maximum atomic E-state index is 5.32. The van der Waals surface area contributed by atoms with Crippen molar-refractivity contribution < 1.29 is 0 Å². The average Bonchev–Trinajstić information content (AvgIpc) is 2.36. The van der Waals surface area contributed by atoms with Crippen LogP contribution < -0.4 is 10.6 Å². The van der Waals surface area contributed by atoms with Gasteiger partial charge in [0.25, 0.3) is 0 Å². The minimum atomic E-state index is 0.726. The molecule has 20 heavy (non-hydrogen) atoms. The molecule has 2 nitrogen and oxygen atoms in total. The second-order valence-electron chi connectivity index (χ2n) is 5.53. The highest BCUT2D eigenvalue weighted by Gasteiger charge is 1.99. The van der Waals surface area contributed by atoms with E-state index in [2.05, 4.69) is 49.6 Å². The van der Waals surface area contributed by atoms with Gasteiger partial charge in [-0.05, 0) is 55.7 Å². The Morgan fingerprint density at radius 3 is 2.20 bits per heavy atom. The van der Waals surface area contributed by atoms with E-state index in [9.17, 15) is 0 Å². The van der Waals surface area contributed by atoms with Crippen LogP contribution in [-0.4, -0.2) is 11.7 Å². The van der Waals surface area contributed by atoms with E-state index in [0.717, 1.165) is 17.3 Å². The summed E-state index contributed by atoms with van der Waals surface area (Å²) in [5.41, 5.74) is 3.58. The summed E-state index contributed by atoms with van der Waals surface area (Å²) in [4.78, 5) is 0. The number of unbranched alkanes of at least 4 members (excludes halogenated alkanes) is 5. The molecule has 1 rings (SSSR count). The number of hydrogen-bond acceptors (Lipinski definition) is 1. The Balaban J connectivity index is 2.17. The number of anilines is 1. The lowest BCUT2D eigenvalue weighted by atomic mass is 10.1. The van der Waals surface area contributed by atoms with Crippen LogP contribution in [0.3, 0.4) is 0 Å². The number of hydrogen-bond donors (Lipinski definition) is 2. The van der Waals surface area contributed by atoms with E-state index in [0.29, 0.717) is 0 Å². The van der Waals surface area contributed by atoms with Gasteiger partial charge in [0.15, 0.2) is 5.11 Å². The van der Waals surface area contributed by atoms with Crippen molar-refractivity contribution in [3.8, 4) is 0 Å². The molecular weight excluding hydrogens is 264 g/mol. The quantitative estimate of drug-likeness (QED) is 0.523. The van der Waals surface area contributed by atoms with Crippen LogP contribution in [0.25, 0.3) is 0 Å². The molecule has 0 aromatic heterocycles. The highest BCUT2D eigenvalue weighted by molar-refractivity contribution is 7.80. The monoisotopic (exact) mass is 292 g/mol. The minimum absolute atomic E-state index is 0.726. The summed E-state index contributed by atoms with van der Waals surface area (Å²) in [6.45, 7) is 7.41. The Morgan fingerprint density at radius 2 is 1.55 bits per heavy atom. The van der Waals surface area contributed by atoms with Crippen LogP contribution >= 0.6 is 12.2 Å². The third kappa shape index (κ3) is 7.49. The van der Waals surface area contributed by atoms with Gasteiger partial charge in [0.1, 0.15) is 0 Å². The highest BCUT2D eigenvalue weighted by Crippen LogP contribution is 2.13. The van der Waals surface area contributed by atoms with E-state index >= 15 is 0 Å². The maximum absolute atomic E-state index is 5.32. The van der Waals surface area contributed by atoms with E-state index in [1.807, 2.05) is 0 Å². The van der Waals surface area contributed by atoms with E-state index in [1.165, 1.54) is 49.7 Å². The van der Waals surface area contributed by atoms with Gasteiger partial charge in [-0.1, -0.05) is 45.1 Å². The molecule has 0 atom stereocenters. The van der Waals surface area contributed by atoms with Crippen LogP contribution in [0.1, 0.15) is 56.6 Å². The van der Waals surface area contributed by atoms with Gasteiger partial charge >= 0.3 is 0 Å². The van der Waals surface area contributed by atoms with Crippen LogP contribution in [0, 0.1) is 13.8 Å². The van der Waals surface area contributed by atoms with E-state index < -0.39 is 0 Å². The van der Waals surface area contributed by atoms with Crippen LogP contribution in [0.4, 0.5) is 5.69 Å². The van der Waals surface area contributed by atoms with Gasteiger partial charge in [0, 0.05) is 12.2 Å². The van der Waals surface area contributed by atoms with E-state index in [4.69, 9.17) is 12.2 Å². The number of aryl methyl sites for hydroxylation is 2. The van der Waals surface area contributed by atoms with Crippen molar-refractivity contribution in [2.75, 3.05) is 11.9 Å². The lowest BCUT2D eigenvalue weighted by molar-refractivity contribution is 0.603. The molecule has 0 bridgehead atoms. The lowest BCUT2D eigenvalue weighted by Crippen LogP contribution is -2.29. The third-order valence-electron chi connectivity index (χ3n) is 3.30. The second kappa shape index (κ2) is 9.76. The Labute approximate surface area is 129 Å². The predicted octanol–water partition coefficient (Wildman–Crippen LogP) is 4.95. The van der Waals surface area contributed by atoms with Crippen LogP contribution in [0.15, 0.2) is 18.2 Å². The summed E-state index contributed by atoms with van der Waals surface area (Å²) in [5, 5.41) is 7.26. The van der Waals surface area contributed by atoms with Gasteiger partial charge in [-0.25, -0.2) is 0 Å². The smallest absolute Gasteiger partial charge is 0.170 e. The summed E-state index contributed by atoms with van der Waals surface area (Å²) < 4.78 is 0. The van der Waals surface area contributed by atoms with Crippen molar-refractivity contribution in [1.82, 2.24) is 5.32 Å². The summed E-state index contributed by atoms with van der Waals surface area (Å²) in [7, 11) is 0. The number of rotatable bonds is 8. The molecule has 1 aromatic rings. The van der Waals surface area contributed by atoms with E-state index in [1.54, 1.807) is 0 Å². The molecule has 0 fully saturated rings. The van der Waals surface area contributed by atoms with Crippen molar-refractivity contribution in [3.63, 3.8) is 0 Å². The van der Waals surface area contributed by atoms with Crippen molar-refractivity contribution in [1.29, 1.82) is 0 Å². The largest absolute Gasteiger partial charge is 0.362 e. The van der Waals surface area contributed by atoms with Crippen molar-refractivity contribution in [2.45, 2.75) is 59.3 Å². The molecule has 112 valence electrons. The van der Waals surface area contributed by atoms with Crippen LogP contribution in [0.2, 0.25) is 0 Å². The minimum Gasteiger partial charge on any atom is -0.362 e. The molecule has 0 saturated heterocycles. The zero-order valence-corrected chi connectivity index (χ0v) is 13.9. The molecule has 0 unspecified atom stereocenters. The fourth-order valence-corrected chi connectivity index (χ4v) is 2.55. The van der Waals surface area contributed by atoms with Gasteiger partial charge in [0.2, 0.25) is 0 Å².